The summed E-state index contributed by atoms with van der Waals surface area (Å²) >= 11 is 0. The summed E-state index contributed by atoms with van der Waals surface area (Å²) in [6.45, 7) is 5.24. The van der Waals surface area contributed by atoms with Crippen LogP contribution in [0, 0.1) is 13.8 Å². The second-order valence-electron chi connectivity index (χ2n) is 7.43. The van der Waals surface area contributed by atoms with E-state index in [1.807, 2.05) is 29.1 Å². The Morgan fingerprint density at radius 1 is 1.20 bits per heavy atom. The maximum atomic E-state index is 4.74. The Labute approximate surface area is 156 Å². The van der Waals surface area contributed by atoms with Crippen LogP contribution in [0.2, 0.25) is 0 Å². The van der Waals surface area contributed by atoms with E-state index in [1.165, 1.54) is 36.9 Å². The Morgan fingerprint density at radius 3 is 2.56 bits per heavy atom. The third kappa shape index (κ3) is 3.59. The molecule has 1 N–H and O–H groups in total. The number of nitrogens with zero attached hydrogens (tertiary/aromatic N) is 4. The molecule has 2 aliphatic heterocycles. The molecule has 25 heavy (non-hydrogen) atoms. The molecule has 4 rings (SSSR count). The molecule has 0 aromatic carbocycles. The normalized spacial score (nSPS) is 25.2. The molecule has 2 aromatic rings. The standard InChI is InChI=1S/C19H27N5.ClH/c1-13-18(14(2)24(22-13)19-6-4-5-9-20-19)12-23(3)17-10-15-7-8-16(11-17)21-15;/h4-6,9,15-17,21H,7-8,10-12H2,1-3H3;1H. The van der Waals surface area contributed by atoms with Crippen LogP contribution in [-0.4, -0.2) is 44.8 Å². The molecular formula is C19H28ClN5. The highest BCUT2D eigenvalue weighted by molar-refractivity contribution is 5.85. The number of fused-ring (bicyclic) bond motifs is 2. The van der Waals surface area contributed by atoms with Gasteiger partial charge in [-0.15, -0.1) is 12.4 Å². The predicted molar refractivity (Wildman–Crippen MR) is 103 cm³/mol. The molecule has 0 aliphatic carbocycles. The number of hydrogen-bond acceptors (Lipinski definition) is 4. The average molecular weight is 362 g/mol. The molecule has 0 radical (unpaired) electrons. The van der Waals surface area contributed by atoms with Crippen molar-refractivity contribution in [2.24, 2.45) is 0 Å². The molecule has 0 amide bonds. The molecule has 2 aliphatic rings. The molecule has 6 heteroatoms. The van der Waals surface area contributed by atoms with Crippen molar-refractivity contribution in [1.29, 1.82) is 0 Å². The topological polar surface area (TPSA) is 46.0 Å². The molecular weight excluding hydrogens is 334 g/mol. The van der Waals surface area contributed by atoms with E-state index in [1.54, 1.807) is 0 Å². The quantitative estimate of drug-likeness (QED) is 0.909. The number of rotatable bonds is 4. The first-order chi connectivity index (χ1) is 11.6. The summed E-state index contributed by atoms with van der Waals surface area (Å²) in [4.78, 5) is 6.97. The van der Waals surface area contributed by atoms with Crippen LogP contribution in [0.15, 0.2) is 24.4 Å². The number of halogens is 1. The van der Waals surface area contributed by atoms with Crippen LogP contribution >= 0.6 is 12.4 Å². The van der Waals surface area contributed by atoms with Gasteiger partial charge in [0.25, 0.3) is 0 Å². The lowest BCUT2D eigenvalue weighted by Gasteiger charge is -2.35. The lowest BCUT2D eigenvalue weighted by Crippen LogP contribution is -2.46. The summed E-state index contributed by atoms with van der Waals surface area (Å²) in [6.07, 6.45) is 7.08. The van der Waals surface area contributed by atoms with Gasteiger partial charge in [-0.05, 0) is 58.7 Å². The van der Waals surface area contributed by atoms with E-state index in [0.717, 1.165) is 30.1 Å². The van der Waals surface area contributed by atoms with Crippen molar-refractivity contribution in [3.63, 3.8) is 0 Å². The molecule has 2 atom stereocenters. The van der Waals surface area contributed by atoms with Crippen molar-refractivity contribution in [2.75, 3.05) is 7.05 Å². The second kappa shape index (κ2) is 7.44. The van der Waals surface area contributed by atoms with E-state index >= 15 is 0 Å². The first kappa shape index (κ1) is 18.4. The number of piperidine rings is 1. The fourth-order valence-electron chi connectivity index (χ4n) is 4.37. The minimum absolute atomic E-state index is 0. The van der Waals surface area contributed by atoms with Gasteiger partial charge in [0.2, 0.25) is 0 Å². The van der Waals surface area contributed by atoms with Crippen molar-refractivity contribution < 1.29 is 0 Å². The van der Waals surface area contributed by atoms with E-state index in [2.05, 4.69) is 36.1 Å². The average Bonchev–Trinajstić information content (AvgIpc) is 3.08. The van der Waals surface area contributed by atoms with Gasteiger partial charge in [0.1, 0.15) is 0 Å². The van der Waals surface area contributed by atoms with Crippen LogP contribution in [0.25, 0.3) is 5.82 Å². The van der Waals surface area contributed by atoms with E-state index in [9.17, 15) is 0 Å². The number of hydrogen-bond donors (Lipinski definition) is 1. The smallest absolute Gasteiger partial charge is 0.153 e. The third-order valence-electron chi connectivity index (χ3n) is 5.79. The molecule has 2 aromatic heterocycles. The van der Waals surface area contributed by atoms with Gasteiger partial charge in [-0.2, -0.15) is 5.10 Å². The van der Waals surface area contributed by atoms with Crippen molar-refractivity contribution in [2.45, 2.75) is 64.2 Å². The van der Waals surface area contributed by atoms with Crippen molar-refractivity contribution in [1.82, 2.24) is 25.0 Å². The highest BCUT2D eigenvalue weighted by atomic mass is 35.5. The van der Waals surface area contributed by atoms with E-state index < -0.39 is 0 Å². The van der Waals surface area contributed by atoms with Gasteiger partial charge in [0.05, 0.1) is 5.69 Å². The van der Waals surface area contributed by atoms with Crippen LogP contribution in [0.1, 0.15) is 42.6 Å². The lowest BCUT2D eigenvalue weighted by atomic mass is 9.98. The summed E-state index contributed by atoms with van der Waals surface area (Å²) in [5.74, 6) is 0.895. The maximum absolute atomic E-state index is 4.74. The highest BCUT2D eigenvalue weighted by Crippen LogP contribution is 2.30. The molecule has 136 valence electrons. The molecule has 5 nitrogen and oxygen atoms in total. The molecule has 0 spiro atoms. The fraction of sp³-hybridized carbons (Fsp3) is 0.579. The summed E-state index contributed by atoms with van der Waals surface area (Å²) in [7, 11) is 2.27. The molecule has 4 heterocycles. The Morgan fingerprint density at radius 2 is 1.92 bits per heavy atom. The fourth-order valence-corrected chi connectivity index (χ4v) is 4.37. The molecule has 0 saturated carbocycles. The first-order valence-corrected chi connectivity index (χ1v) is 9.04. The minimum atomic E-state index is 0. The summed E-state index contributed by atoms with van der Waals surface area (Å²) in [5.41, 5.74) is 3.66. The summed E-state index contributed by atoms with van der Waals surface area (Å²) in [6, 6.07) is 8.10. The van der Waals surface area contributed by atoms with Gasteiger partial charge < -0.3 is 5.32 Å². The van der Waals surface area contributed by atoms with Gasteiger partial charge in [-0.1, -0.05) is 6.07 Å². The van der Waals surface area contributed by atoms with Crippen LogP contribution < -0.4 is 5.32 Å². The summed E-state index contributed by atoms with van der Waals surface area (Å²) in [5, 5.41) is 8.47. The molecule has 2 saturated heterocycles. The zero-order valence-electron chi connectivity index (χ0n) is 15.3. The Bertz CT molecular complexity index is 702. The van der Waals surface area contributed by atoms with Crippen molar-refractivity contribution in [3.8, 4) is 5.82 Å². The van der Waals surface area contributed by atoms with Gasteiger partial charge >= 0.3 is 0 Å². The second-order valence-corrected chi connectivity index (χ2v) is 7.43. The Hall–Kier alpha value is -1.43. The molecule has 2 fully saturated rings. The first-order valence-electron chi connectivity index (χ1n) is 9.04. The summed E-state index contributed by atoms with van der Waals surface area (Å²) < 4.78 is 1.98. The van der Waals surface area contributed by atoms with Crippen LogP contribution in [0.3, 0.4) is 0 Å². The molecule has 2 unspecified atom stereocenters. The molecule has 2 bridgehead atoms. The SMILES string of the molecule is Cc1nn(-c2ccccn2)c(C)c1CN(C)C1CC2CCC(C1)N2.Cl. The Balaban J connectivity index is 0.00000182. The van der Waals surface area contributed by atoms with Crippen molar-refractivity contribution >= 4 is 12.4 Å². The van der Waals surface area contributed by atoms with Crippen molar-refractivity contribution in [3.05, 3.63) is 41.3 Å². The van der Waals surface area contributed by atoms with Gasteiger partial charge in [-0.25, -0.2) is 9.67 Å². The number of nitrogens with one attached hydrogen (secondary N) is 1. The van der Waals surface area contributed by atoms with Gasteiger partial charge in [0, 0.05) is 42.1 Å². The largest absolute Gasteiger partial charge is 0.311 e. The van der Waals surface area contributed by atoms with E-state index in [0.29, 0.717) is 6.04 Å². The van der Waals surface area contributed by atoms with Crippen LogP contribution in [0.4, 0.5) is 0 Å². The third-order valence-corrected chi connectivity index (χ3v) is 5.79. The maximum Gasteiger partial charge on any atom is 0.153 e. The van der Waals surface area contributed by atoms with Gasteiger partial charge in [0.15, 0.2) is 5.82 Å². The highest BCUT2D eigenvalue weighted by Gasteiger charge is 2.35. The zero-order valence-corrected chi connectivity index (χ0v) is 16.1. The monoisotopic (exact) mass is 361 g/mol. The van der Waals surface area contributed by atoms with E-state index in [4.69, 9.17) is 5.10 Å². The lowest BCUT2D eigenvalue weighted by molar-refractivity contribution is 0.165. The van der Waals surface area contributed by atoms with Crippen LogP contribution in [0.5, 0.6) is 0 Å². The Kier molecular flexibility index (Phi) is 5.46. The van der Waals surface area contributed by atoms with E-state index in [-0.39, 0.29) is 12.4 Å². The predicted octanol–water partition coefficient (Wildman–Crippen LogP) is 3.02. The number of aromatic nitrogens is 3. The zero-order chi connectivity index (χ0) is 16.7. The van der Waals surface area contributed by atoms with Crippen LogP contribution in [-0.2, 0) is 6.54 Å². The number of aryl methyl sites for hydroxylation is 1. The van der Waals surface area contributed by atoms with Gasteiger partial charge in [-0.3, -0.25) is 4.90 Å². The minimum Gasteiger partial charge on any atom is -0.311 e. The number of pyridine rings is 1.